The molecule has 0 spiro atoms. The minimum atomic E-state index is -2.13. The number of esters is 1. The summed E-state index contributed by atoms with van der Waals surface area (Å²) in [7, 11) is -0.758. The van der Waals surface area contributed by atoms with Gasteiger partial charge in [0, 0.05) is 18.2 Å². The van der Waals surface area contributed by atoms with Crippen LogP contribution in [0.25, 0.3) is 0 Å². The number of hydrogen-bond donors (Lipinski definition) is 3. The Morgan fingerprint density at radius 1 is 1.03 bits per heavy atom. The maximum Gasteiger partial charge on any atom is 0.337 e. The van der Waals surface area contributed by atoms with Gasteiger partial charge in [-0.25, -0.2) is 4.79 Å². The monoisotopic (exact) mass is 473 g/mol. The van der Waals surface area contributed by atoms with Crippen LogP contribution in [0, 0.1) is 0 Å². The van der Waals surface area contributed by atoms with E-state index in [1.54, 1.807) is 18.2 Å². The average molecular weight is 474 g/mol. The summed E-state index contributed by atoms with van der Waals surface area (Å²) in [6.45, 7) is 15.6. The molecule has 0 unspecified atom stereocenters. The summed E-state index contributed by atoms with van der Waals surface area (Å²) in [5.74, 6) is -0.338. The molecule has 0 fully saturated rings. The lowest BCUT2D eigenvalue weighted by molar-refractivity contribution is 0.0600. The van der Waals surface area contributed by atoms with Crippen LogP contribution in [0.4, 0.5) is 0 Å². The summed E-state index contributed by atoms with van der Waals surface area (Å²) in [6, 6.07) is 12.1. The molecular formula is C26H39NO5Si. The Kier molecular flexibility index (Phi) is 8.38. The van der Waals surface area contributed by atoms with Gasteiger partial charge in [-0.3, -0.25) is 0 Å². The Labute approximate surface area is 199 Å². The van der Waals surface area contributed by atoms with Crippen LogP contribution < -0.4 is 5.32 Å². The second kappa shape index (κ2) is 10.3. The van der Waals surface area contributed by atoms with Crippen molar-refractivity contribution in [3.8, 4) is 11.5 Å². The van der Waals surface area contributed by atoms with E-state index in [-0.39, 0.29) is 34.1 Å². The lowest BCUT2D eigenvalue weighted by atomic mass is 9.93. The van der Waals surface area contributed by atoms with Gasteiger partial charge in [0.05, 0.1) is 18.8 Å². The zero-order valence-electron chi connectivity index (χ0n) is 21.2. The SMILES string of the molecule is COC(=O)c1cccc(CC(C)(C)NC[C@H](O[Si](C)(C)C(C)(C)C)c2cc(O)cc(O)c2)c1. The van der Waals surface area contributed by atoms with E-state index >= 15 is 0 Å². The van der Waals surface area contributed by atoms with Crippen LogP contribution in [0.15, 0.2) is 42.5 Å². The molecule has 0 saturated carbocycles. The maximum atomic E-state index is 11.9. The van der Waals surface area contributed by atoms with Crippen molar-refractivity contribution in [2.75, 3.05) is 13.7 Å². The molecular weight excluding hydrogens is 434 g/mol. The topological polar surface area (TPSA) is 88.0 Å². The highest BCUT2D eigenvalue weighted by molar-refractivity contribution is 6.74. The number of aromatic hydroxyl groups is 2. The number of carbonyl (C=O) groups is 1. The van der Waals surface area contributed by atoms with Crippen molar-refractivity contribution in [2.24, 2.45) is 0 Å². The zero-order valence-corrected chi connectivity index (χ0v) is 22.2. The van der Waals surface area contributed by atoms with Gasteiger partial charge < -0.3 is 24.7 Å². The lowest BCUT2D eigenvalue weighted by Gasteiger charge is -2.40. The van der Waals surface area contributed by atoms with Crippen molar-refractivity contribution >= 4 is 14.3 Å². The van der Waals surface area contributed by atoms with Crippen LogP contribution in [-0.2, 0) is 15.6 Å². The van der Waals surface area contributed by atoms with Crippen LogP contribution in [0.3, 0.4) is 0 Å². The molecule has 0 saturated heterocycles. The summed E-state index contributed by atoms with van der Waals surface area (Å²) >= 11 is 0. The quantitative estimate of drug-likeness (QED) is 0.326. The van der Waals surface area contributed by atoms with Gasteiger partial charge in [-0.05, 0) is 73.8 Å². The number of phenols is 2. The van der Waals surface area contributed by atoms with Crippen molar-refractivity contribution in [1.29, 1.82) is 0 Å². The summed E-state index contributed by atoms with van der Waals surface area (Å²) < 4.78 is 11.5. The number of ether oxygens (including phenoxy) is 1. The van der Waals surface area contributed by atoms with Crippen LogP contribution >= 0.6 is 0 Å². The summed E-state index contributed by atoms with van der Waals surface area (Å²) in [5.41, 5.74) is 1.98. The third kappa shape index (κ3) is 7.59. The molecule has 2 aromatic carbocycles. The number of rotatable bonds is 9. The number of phenolic OH excluding ortho intramolecular Hbond substituents is 2. The Balaban J connectivity index is 2.24. The largest absolute Gasteiger partial charge is 0.508 e. The fourth-order valence-electron chi connectivity index (χ4n) is 3.43. The number of methoxy groups -OCH3 is 1. The van der Waals surface area contributed by atoms with E-state index in [0.29, 0.717) is 18.5 Å². The molecule has 6 nitrogen and oxygen atoms in total. The second-order valence-electron chi connectivity index (χ2n) is 10.8. The third-order valence-electron chi connectivity index (χ3n) is 6.30. The number of benzene rings is 2. The molecule has 0 aliphatic heterocycles. The van der Waals surface area contributed by atoms with E-state index in [0.717, 1.165) is 11.1 Å². The summed E-state index contributed by atoms with van der Waals surface area (Å²) in [5, 5.41) is 23.7. The summed E-state index contributed by atoms with van der Waals surface area (Å²) in [4.78, 5) is 11.9. The number of carbonyl (C=O) groups excluding carboxylic acids is 1. The predicted octanol–water partition coefficient (Wildman–Crippen LogP) is 5.56. The van der Waals surface area contributed by atoms with Gasteiger partial charge in [0.2, 0.25) is 0 Å². The van der Waals surface area contributed by atoms with Crippen molar-refractivity contribution in [3.63, 3.8) is 0 Å². The van der Waals surface area contributed by atoms with Gasteiger partial charge >= 0.3 is 5.97 Å². The second-order valence-corrected chi connectivity index (χ2v) is 15.5. The molecule has 0 radical (unpaired) electrons. The molecule has 0 amide bonds. The standard InChI is InChI=1S/C26H39NO5Si/c1-25(2,3)33(7,8)32-23(20-13-21(28)15-22(29)14-20)17-27-26(4,5)16-18-10-9-11-19(12-18)24(30)31-6/h9-15,23,27-29H,16-17H2,1-8H3/t23-/m0/s1. The molecule has 3 N–H and O–H groups in total. The first kappa shape index (κ1) is 26.9. The fourth-order valence-corrected chi connectivity index (χ4v) is 4.72. The van der Waals surface area contributed by atoms with Crippen LogP contribution in [-0.4, -0.2) is 43.7 Å². The van der Waals surface area contributed by atoms with E-state index in [2.05, 4.69) is 53.0 Å². The molecule has 0 bridgehead atoms. The van der Waals surface area contributed by atoms with Crippen LogP contribution in [0.1, 0.15) is 62.2 Å². The van der Waals surface area contributed by atoms with E-state index in [4.69, 9.17) is 9.16 Å². The van der Waals surface area contributed by atoms with E-state index in [1.165, 1.54) is 13.2 Å². The lowest BCUT2D eigenvalue weighted by Crippen LogP contribution is -2.47. The van der Waals surface area contributed by atoms with Gasteiger partial charge in [-0.15, -0.1) is 0 Å². The molecule has 0 heterocycles. The van der Waals surface area contributed by atoms with Gasteiger partial charge in [-0.1, -0.05) is 32.9 Å². The van der Waals surface area contributed by atoms with Gasteiger partial charge in [0.1, 0.15) is 11.5 Å². The Hall–Kier alpha value is -2.35. The maximum absolute atomic E-state index is 11.9. The molecule has 0 aliphatic rings. The highest BCUT2D eigenvalue weighted by atomic mass is 28.4. The highest BCUT2D eigenvalue weighted by Crippen LogP contribution is 2.40. The fraction of sp³-hybridized carbons (Fsp3) is 0.500. The number of nitrogens with one attached hydrogen (secondary N) is 1. The van der Waals surface area contributed by atoms with Crippen molar-refractivity contribution in [3.05, 3.63) is 59.2 Å². The average Bonchev–Trinajstić information content (AvgIpc) is 2.68. The molecule has 33 heavy (non-hydrogen) atoms. The number of hydrogen-bond acceptors (Lipinski definition) is 6. The van der Waals surface area contributed by atoms with Crippen molar-refractivity contribution in [1.82, 2.24) is 5.32 Å². The predicted molar refractivity (Wildman–Crippen MR) is 134 cm³/mol. The van der Waals surface area contributed by atoms with Crippen LogP contribution in [0.2, 0.25) is 18.1 Å². The minimum absolute atomic E-state index is 0.00715. The Morgan fingerprint density at radius 2 is 1.64 bits per heavy atom. The molecule has 7 heteroatoms. The smallest absolute Gasteiger partial charge is 0.337 e. The first-order chi connectivity index (χ1) is 15.1. The first-order valence-corrected chi connectivity index (χ1v) is 14.2. The van der Waals surface area contributed by atoms with E-state index in [1.807, 2.05) is 18.2 Å². The van der Waals surface area contributed by atoms with Crippen molar-refractivity contribution in [2.45, 2.75) is 70.8 Å². The Bertz CT molecular complexity index is 945. The molecule has 2 rings (SSSR count). The Morgan fingerprint density at radius 3 is 2.18 bits per heavy atom. The molecule has 182 valence electrons. The summed E-state index contributed by atoms with van der Waals surface area (Å²) in [6.07, 6.45) is 0.347. The molecule has 0 aromatic heterocycles. The van der Waals surface area contributed by atoms with Gasteiger partial charge in [0.25, 0.3) is 0 Å². The zero-order chi connectivity index (χ0) is 25.0. The van der Waals surface area contributed by atoms with E-state index in [9.17, 15) is 15.0 Å². The normalized spacial score (nSPS) is 13.6. The van der Waals surface area contributed by atoms with Gasteiger partial charge in [0.15, 0.2) is 8.32 Å². The molecule has 2 aromatic rings. The molecule has 1 atom stereocenters. The highest BCUT2D eigenvalue weighted by Gasteiger charge is 2.40. The minimum Gasteiger partial charge on any atom is -0.508 e. The van der Waals surface area contributed by atoms with E-state index < -0.39 is 8.32 Å². The molecule has 0 aliphatic carbocycles. The first-order valence-electron chi connectivity index (χ1n) is 11.3. The third-order valence-corrected chi connectivity index (χ3v) is 10.8. The van der Waals surface area contributed by atoms with Gasteiger partial charge in [-0.2, -0.15) is 0 Å². The van der Waals surface area contributed by atoms with Crippen molar-refractivity contribution < 1.29 is 24.2 Å². The van der Waals surface area contributed by atoms with Crippen LogP contribution in [0.5, 0.6) is 11.5 Å².